The molecule has 0 atom stereocenters. The van der Waals surface area contributed by atoms with Crippen molar-refractivity contribution < 1.29 is 10.2 Å². The molecule has 3 aromatic rings. The lowest BCUT2D eigenvalue weighted by Gasteiger charge is -2.22. The first-order chi connectivity index (χ1) is 19.8. The summed E-state index contributed by atoms with van der Waals surface area (Å²) in [6.45, 7) is 0.234. The van der Waals surface area contributed by atoms with Crippen molar-refractivity contribution in [2.45, 2.75) is 83.2 Å². The molecule has 0 unspecified atom stereocenters. The molecule has 11 heteroatoms. The summed E-state index contributed by atoms with van der Waals surface area (Å²) in [6.07, 6.45) is 14.8. The largest absolute Gasteiger partial charge is 0.494 e. The van der Waals surface area contributed by atoms with E-state index in [1.807, 2.05) is 0 Å². The zero-order chi connectivity index (χ0) is 28.9. The second-order valence-electron chi connectivity index (χ2n) is 10.7. The Bertz CT molecular complexity index is 1600. The van der Waals surface area contributed by atoms with E-state index in [-0.39, 0.29) is 29.9 Å². The van der Waals surface area contributed by atoms with E-state index in [2.05, 4.69) is 27.1 Å². The summed E-state index contributed by atoms with van der Waals surface area (Å²) < 4.78 is 2.14. The number of H-pyrrole nitrogens is 2. The summed E-state index contributed by atoms with van der Waals surface area (Å²) in [5.41, 5.74) is -1.51. The Hall–Kier alpha value is -4.41. The second kappa shape index (κ2) is 12.4. The predicted octanol–water partition coefficient (Wildman–Crippen LogP) is 3.15. The fourth-order valence-corrected chi connectivity index (χ4v) is 5.85. The Labute approximate surface area is 235 Å². The van der Waals surface area contributed by atoms with Crippen molar-refractivity contribution in [1.82, 2.24) is 24.1 Å². The van der Waals surface area contributed by atoms with Crippen LogP contribution < -0.4 is 22.5 Å². The summed E-state index contributed by atoms with van der Waals surface area (Å²) in [6, 6.07) is 4.84. The summed E-state index contributed by atoms with van der Waals surface area (Å²) in [4.78, 5) is 61.0. The van der Waals surface area contributed by atoms with Crippen LogP contribution in [0.5, 0.6) is 11.8 Å². The maximum Gasteiger partial charge on any atom is 0.331 e. The number of hydrogen-bond donors (Lipinski definition) is 4. The Morgan fingerprint density at radius 2 is 1.27 bits per heavy atom. The molecule has 11 nitrogen and oxygen atoms in total. The molecule has 0 bridgehead atoms. The van der Waals surface area contributed by atoms with Crippen LogP contribution in [0.2, 0.25) is 0 Å². The number of aromatic amines is 2. The van der Waals surface area contributed by atoms with Crippen LogP contribution in [0, 0.1) is 0 Å². The van der Waals surface area contributed by atoms with E-state index in [9.17, 15) is 29.4 Å². The van der Waals surface area contributed by atoms with Gasteiger partial charge in [0.05, 0.1) is 22.7 Å². The number of nitrogens with zero attached hydrogens (tertiary/aromatic N) is 3. The minimum Gasteiger partial charge on any atom is -0.494 e. The topological polar surface area (TPSA) is 163 Å². The van der Waals surface area contributed by atoms with Gasteiger partial charge in [-0.1, -0.05) is 29.4 Å². The Kier molecular flexibility index (Phi) is 8.51. The fraction of sp³-hybridized carbons (Fsp3) is 0.433. The highest BCUT2D eigenvalue weighted by Gasteiger charge is 2.33. The summed E-state index contributed by atoms with van der Waals surface area (Å²) in [7, 11) is 0. The number of hydrogen-bond acceptors (Lipinski definition) is 7. The van der Waals surface area contributed by atoms with Crippen LogP contribution in [0.25, 0.3) is 0 Å². The van der Waals surface area contributed by atoms with Crippen LogP contribution in [-0.2, 0) is 13.1 Å². The normalized spacial score (nSPS) is 15.5. The van der Waals surface area contributed by atoms with Crippen molar-refractivity contribution in [3.05, 3.63) is 106 Å². The van der Waals surface area contributed by atoms with E-state index in [4.69, 9.17) is 0 Å². The average Bonchev–Trinajstić information content (AvgIpc) is 2.97. The zero-order valence-corrected chi connectivity index (χ0v) is 22.9. The van der Waals surface area contributed by atoms with Crippen LogP contribution in [-0.4, -0.2) is 34.3 Å². The fourth-order valence-electron chi connectivity index (χ4n) is 5.85. The van der Waals surface area contributed by atoms with Gasteiger partial charge in [-0.2, -0.15) is 0 Å². The van der Waals surface area contributed by atoms with Gasteiger partial charge in [-0.15, -0.1) is 0 Å². The van der Waals surface area contributed by atoms with E-state index < -0.39 is 40.2 Å². The molecule has 4 N–H and O–H groups in total. The highest BCUT2D eigenvalue weighted by atomic mass is 16.3. The van der Waals surface area contributed by atoms with E-state index in [1.165, 1.54) is 17.3 Å². The van der Waals surface area contributed by atoms with Crippen LogP contribution in [0.4, 0.5) is 0 Å². The number of nitrogens with one attached hydrogen (secondary N) is 2. The third-order valence-corrected chi connectivity index (χ3v) is 8.06. The average molecular weight is 562 g/mol. The standard InChI is InChI=1S/C30H35N5O6/c36-25-23(27(38)34(29(40)32-25)17-14-19-9-3-1-4-10-19)22(21-13-7-8-16-31-21)24-26(37)33-30(41)35(28(24)39)18-15-20-11-5-2-6-12-20/h7-9,11,13,16,22,38-39H,1-6,10,12,14-15,17-18H2,(H,32,36,40)(H,33,37,41). The first-order valence-electron chi connectivity index (χ1n) is 14.2. The lowest BCUT2D eigenvalue weighted by molar-refractivity contribution is 0.380. The van der Waals surface area contributed by atoms with E-state index in [1.54, 1.807) is 18.2 Å². The maximum atomic E-state index is 13.3. The second-order valence-corrected chi connectivity index (χ2v) is 10.7. The molecule has 41 heavy (non-hydrogen) atoms. The van der Waals surface area contributed by atoms with E-state index in [0.29, 0.717) is 12.8 Å². The zero-order valence-electron chi connectivity index (χ0n) is 22.9. The van der Waals surface area contributed by atoms with Gasteiger partial charge in [-0.05, 0) is 76.3 Å². The minimum atomic E-state index is -1.37. The third-order valence-electron chi connectivity index (χ3n) is 8.06. The molecule has 2 aliphatic rings. The molecule has 3 heterocycles. The van der Waals surface area contributed by atoms with Gasteiger partial charge >= 0.3 is 11.4 Å². The SMILES string of the molecule is O=c1[nH]c(=O)n(CCC2=CCCCC2)c(O)c1C(c1ccccn1)c1c(O)n(CCC2=CCCCC2)c(=O)[nH]c1=O. The van der Waals surface area contributed by atoms with Gasteiger partial charge < -0.3 is 10.2 Å². The highest BCUT2D eigenvalue weighted by molar-refractivity contribution is 5.46. The molecule has 3 aromatic heterocycles. The lowest BCUT2D eigenvalue weighted by Crippen LogP contribution is -2.37. The Balaban J connectivity index is 1.63. The van der Waals surface area contributed by atoms with Gasteiger partial charge in [0.15, 0.2) is 0 Å². The summed E-state index contributed by atoms with van der Waals surface area (Å²) in [5, 5.41) is 22.8. The number of aromatic nitrogens is 5. The lowest BCUT2D eigenvalue weighted by atomic mass is 9.90. The molecule has 0 aromatic carbocycles. The van der Waals surface area contributed by atoms with Gasteiger partial charge in [0, 0.05) is 19.3 Å². The molecule has 0 saturated carbocycles. The molecule has 0 saturated heterocycles. The van der Waals surface area contributed by atoms with Gasteiger partial charge in [0.1, 0.15) is 0 Å². The molecule has 0 aliphatic heterocycles. The molecule has 2 aliphatic carbocycles. The van der Waals surface area contributed by atoms with E-state index in [0.717, 1.165) is 60.5 Å². The molecular weight excluding hydrogens is 526 g/mol. The van der Waals surface area contributed by atoms with Crippen LogP contribution in [0.15, 0.2) is 66.9 Å². The number of aromatic hydroxyl groups is 2. The van der Waals surface area contributed by atoms with Gasteiger partial charge in [0.25, 0.3) is 11.1 Å². The Morgan fingerprint density at radius 3 is 1.68 bits per heavy atom. The van der Waals surface area contributed by atoms with Crippen molar-refractivity contribution in [2.75, 3.05) is 0 Å². The molecule has 216 valence electrons. The van der Waals surface area contributed by atoms with Crippen LogP contribution in [0.3, 0.4) is 0 Å². The van der Waals surface area contributed by atoms with Crippen molar-refractivity contribution in [1.29, 1.82) is 0 Å². The van der Waals surface area contributed by atoms with Gasteiger partial charge in [0.2, 0.25) is 11.8 Å². The number of rotatable bonds is 9. The van der Waals surface area contributed by atoms with Crippen molar-refractivity contribution in [3.63, 3.8) is 0 Å². The summed E-state index contributed by atoms with van der Waals surface area (Å²) in [5.74, 6) is -2.60. The third kappa shape index (κ3) is 6.03. The van der Waals surface area contributed by atoms with Gasteiger partial charge in [-0.25, -0.2) is 9.59 Å². The van der Waals surface area contributed by atoms with Crippen LogP contribution >= 0.6 is 0 Å². The maximum absolute atomic E-state index is 13.3. The van der Waals surface area contributed by atoms with Crippen molar-refractivity contribution >= 4 is 0 Å². The summed E-state index contributed by atoms with van der Waals surface area (Å²) >= 11 is 0. The number of allylic oxidation sites excluding steroid dienone is 4. The molecule has 0 fully saturated rings. The molecule has 0 radical (unpaired) electrons. The van der Waals surface area contributed by atoms with E-state index >= 15 is 0 Å². The minimum absolute atomic E-state index is 0.117. The highest BCUT2D eigenvalue weighted by Crippen LogP contribution is 2.35. The molecular formula is C30H35N5O6. The van der Waals surface area contributed by atoms with Crippen molar-refractivity contribution in [2.24, 2.45) is 0 Å². The van der Waals surface area contributed by atoms with Crippen molar-refractivity contribution in [3.8, 4) is 11.8 Å². The monoisotopic (exact) mass is 561 g/mol. The number of pyridine rings is 1. The predicted molar refractivity (Wildman–Crippen MR) is 153 cm³/mol. The smallest absolute Gasteiger partial charge is 0.331 e. The molecule has 0 amide bonds. The quantitative estimate of drug-likeness (QED) is 0.292. The van der Waals surface area contributed by atoms with Gasteiger partial charge in [-0.3, -0.25) is 33.7 Å². The Morgan fingerprint density at radius 1 is 0.756 bits per heavy atom. The first-order valence-corrected chi connectivity index (χ1v) is 14.2. The molecule has 5 rings (SSSR count). The first kappa shape index (κ1) is 28.1. The van der Waals surface area contributed by atoms with Crippen LogP contribution in [0.1, 0.15) is 86.9 Å². The molecule has 0 spiro atoms.